The number of aromatic nitrogens is 2. The van der Waals surface area contributed by atoms with E-state index in [1.54, 1.807) is 48.5 Å². The molecule has 0 aliphatic rings. The number of nitrogens with one attached hydrogen (secondary N) is 1. The highest BCUT2D eigenvalue weighted by atomic mass is 79.9. The van der Waals surface area contributed by atoms with Gasteiger partial charge in [0.25, 0.3) is 5.69 Å². The third-order valence-corrected chi connectivity index (χ3v) is 4.26. The van der Waals surface area contributed by atoms with Crippen LogP contribution >= 0.6 is 15.9 Å². The van der Waals surface area contributed by atoms with Gasteiger partial charge in [-0.25, -0.2) is 0 Å². The molecular formula is C19H17BrN4O5. The van der Waals surface area contributed by atoms with Gasteiger partial charge in [0.1, 0.15) is 17.2 Å². The van der Waals surface area contributed by atoms with Gasteiger partial charge in [-0.2, -0.15) is 5.10 Å². The van der Waals surface area contributed by atoms with Crippen LogP contribution < -0.4 is 14.8 Å². The number of rotatable bonds is 8. The standard InChI is InChI=1S/C19H17BrN4O5/c1-28-16-2-4-17(5-3-16)29-18-9-14(8-15(10-18)24(26)27)22-19(25)6-7-23-12-13(20)11-21-23/h2-5,8-12H,6-7H2,1H3,(H,22,25). The largest absolute Gasteiger partial charge is 0.497 e. The number of nitro benzene ring substituents is 1. The number of aryl methyl sites for hydroxylation is 1. The first-order chi connectivity index (χ1) is 13.9. The molecule has 0 aliphatic heterocycles. The van der Waals surface area contributed by atoms with E-state index in [1.165, 1.54) is 18.2 Å². The van der Waals surface area contributed by atoms with E-state index in [1.807, 2.05) is 0 Å². The van der Waals surface area contributed by atoms with Crippen molar-refractivity contribution in [2.45, 2.75) is 13.0 Å². The highest BCUT2D eigenvalue weighted by Crippen LogP contribution is 2.30. The van der Waals surface area contributed by atoms with E-state index in [-0.39, 0.29) is 29.5 Å². The summed E-state index contributed by atoms with van der Waals surface area (Å²) in [6.45, 7) is 0.377. The van der Waals surface area contributed by atoms with Crippen molar-refractivity contribution in [3.05, 3.63) is 69.4 Å². The van der Waals surface area contributed by atoms with Crippen LogP contribution in [0.15, 0.2) is 59.3 Å². The second-order valence-corrected chi connectivity index (χ2v) is 6.89. The normalized spacial score (nSPS) is 10.4. The van der Waals surface area contributed by atoms with Crippen molar-refractivity contribution >= 4 is 33.2 Å². The van der Waals surface area contributed by atoms with Crippen LogP contribution in [0.1, 0.15) is 6.42 Å². The number of non-ortho nitro benzene ring substituents is 1. The Labute approximate surface area is 174 Å². The van der Waals surface area contributed by atoms with Gasteiger partial charge >= 0.3 is 0 Å². The first-order valence-electron chi connectivity index (χ1n) is 8.52. The molecule has 1 heterocycles. The van der Waals surface area contributed by atoms with Crippen molar-refractivity contribution in [1.29, 1.82) is 0 Å². The summed E-state index contributed by atoms with van der Waals surface area (Å²) in [5, 5.41) is 18.0. The van der Waals surface area contributed by atoms with Gasteiger partial charge < -0.3 is 14.8 Å². The molecule has 0 unspecified atom stereocenters. The van der Waals surface area contributed by atoms with Gasteiger partial charge in [-0.3, -0.25) is 19.6 Å². The second kappa shape index (κ2) is 9.20. The summed E-state index contributed by atoms with van der Waals surface area (Å²) in [5.41, 5.74) is 0.0803. The Hall–Kier alpha value is -3.40. The lowest BCUT2D eigenvalue weighted by Gasteiger charge is -2.10. The zero-order valence-electron chi connectivity index (χ0n) is 15.4. The summed E-state index contributed by atoms with van der Waals surface area (Å²) in [7, 11) is 1.55. The van der Waals surface area contributed by atoms with E-state index >= 15 is 0 Å². The number of hydrogen-bond donors (Lipinski definition) is 1. The zero-order chi connectivity index (χ0) is 20.8. The molecule has 3 aromatic rings. The molecule has 0 spiro atoms. The van der Waals surface area contributed by atoms with Gasteiger partial charge in [0, 0.05) is 31.3 Å². The van der Waals surface area contributed by atoms with Gasteiger partial charge in [0.15, 0.2) is 0 Å². The molecule has 29 heavy (non-hydrogen) atoms. The lowest BCUT2D eigenvalue weighted by molar-refractivity contribution is -0.384. The Morgan fingerprint density at radius 1 is 1.21 bits per heavy atom. The molecule has 2 aromatic carbocycles. The third kappa shape index (κ3) is 5.79. The number of ether oxygens (including phenoxy) is 2. The molecule has 0 saturated heterocycles. The first-order valence-corrected chi connectivity index (χ1v) is 9.31. The van der Waals surface area contributed by atoms with Crippen molar-refractivity contribution in [1.82, 2.24) is 9.78 Å². The number of amides is 1. The molecular weight excluding hydrogens is 444 g/mol. The topological polar surface area (TPSA) is 109 Å². The maximum Gasteiger partial charge on any atom is 0.275 e. The smallest absolute Gasteiger partial charge is 0.275 e. The van der Waals surface area contributed by atoms with E-state index in [0.29, 0.717) is 18.0 Å². The van der Waals surface area contributed by atoms with E-state index in [2.05, 4.69) is 26.3 Å². The molecule has 9 nitrogen and oxygen atoms in total. The highest BCUT2D eigenvalue weighted by molar-refractivity contribution is 9.10. The predicted molar refractivity (Wildman–Crippen MR) is 109 cm³/mol. The maximum atomic E-state index is 12.2. The molecule has 3 rings (SSSR count). The second-order valence-electron chi connectivity index (χ2n) is 5.97. The molecule has 150 valence electrons. The number of nitro groups is 1. The highest BCUT2D eigenvalue weighted by Gasteiger charge is 2.13. The lowest BCUT2D eigenvalue weighted by atomic mass is 10.2. The summed E-state index contributed by atoms with van der Waals surface area (Å²) in [4.78, 5) is 22.9. The Bertz CT molecular complexity index is 1020. The molecule has 1 N–H and O–H groups in total. The van der Waals surface area contributed by atoms with Crippen molar-refractivity contribution in [3.63, 3.8) is 0 Å². The van der Waals surface area contributed by atoms with Crippen LogP contribution in [0.25, 0.3) is 0 Å². The molecule has 1 aromatic heterocycles. The number of nitrogens with zero attached hydrogens (tertiary/aromatic N) is 3. The van der Waals surface area contributed by atoms with Gasteiger partial charge in [-0.05, 0) is 40.2 Å². The minimum absolute atomic E-state index is 0.158. The van der Waals surface area contributed by atoms with Crippen LogP contribution in [-0.4, -0.2) is 27.7 Å². The number of methoxy groups -OCH3 is 1. The molecule has 0 saturated carbocycles. The first kappa shape index (κ1) is 20.3. The summed E-state index contributed by atoms with van der Waals surface area (Å²) < 4.78 is 13.2. The van der Waals surface area contributed by atoms with Crippen molar-refractivity contribution in [2.24, 2.45) is 0 Å². The summed E-state index contributed by atoms with van der Waals surface area (Å²) in [6.07, 6.45) is 3.54. The maximum absolute atomic E-state index is 12.2. The zero-order valence-corrected chi connectivity index (χ0v) is 17.0. The quantitative estimate of drug-likeness (QED) is 0.394. The van der Waals surface area contributed by atoms with Gasteiger partial charge in [0.05, 0.1) is 34.5 Å². The fraction of sp³-hybridized carbons (Fsp3) is 0.158. The lowest BCUT2D eigenvalue weighted by Crippen LogP contribution is -2.14. The third-order valence-electron chi connectivity index (χ3n) is 3.85. The van der Waals surface area contributed by atoms with E-state index in [0.717, 1.165) is 4.47 Å². The van der Waals surface area contributed by atoms with Crippen LogP contribution in [0.2, 0.25) is 0 Å². The van der Waals surface area contributed by atoms with Crippen LogP contribution in [0.3, 0.4) is 0 Å². The Balaban J connectivity index is 1.71. The fourth-order valence-electron chi connectivity index (χ4n) is 2.50. The van der Waals surface area contributed by atoms with Crippen LogP contribution in [0.4, 0.5) is 11.4 Å². The average molecular weight is 461 g/mol. The number of hydrogen-bond acceptors (Lipinski definition) is 6. The molecule has 0 radical (unpaired) electrons. The van der Waals surface area contributed by atoms with Gasteiger partial charge in [0.2, 0.25) is 5.91 Å². The number of anilines is 1. The minimum atomic E-state index is -0.544. The van der Waals surface area contributed by atoms with Gasteiger partial charge in [-0.1, -0.05) is 0 Å². The van der Waals surface area contributed by atoms with E-state index < -0.39 is 4.92 Å². The molecule has 1 amide bonds. The Morgan fingerprint density at radius 2 is 1.93 bits per heavy atom. The molecule has 0 fully saturated rings. The van der Waals surface area contributed by atoms with Gasteiger partial charge in [-0.15, -0.1) is 0 Å². The average Bonchev–Trinajstić information content (AvgIpc) is 3.12. The number of halogens is 1. The Kier molecular flexibility index (Phi) is 6.45. The van der Waals surface area contributed by atoms with E-state index in [9.17, 15) is 14.9 Å². The number of benzene rings is 2. The van der Waals surface area contributed by atoms with E-state index in [4.69, 9.17) is 9.47 Å². The predicted octanol–water partition coefficient (Wildman–Crippen LogP) is 4.38. The molecule has 10 heteroatoms. The fourth-order valence-corrected chi connectivity index (χ4v) is 2.83. The number of carbonyl (C=O) groups excluding carboxylic acids is 1. The summed E-state index contributed by atoms with van der Waals surface area (Å²) in [6, 6.07) is 10.9. The van der Waals surface area contributed by atoms with Crippen LogP contribution in [0.5, 0.6) is 17.2 Å². The number of carbonyl (C=O) groups is 1. The molecule has 0 atom stereocenters. The van der Waals surface area contributed by atoms with Crippen molar-refractivity contribution < 1.29 is 19.2 Å². The van der Waals surface area contributed by atoms with Crippen LogP contribution in [0, 0.1) is 10.1 Å². The van der Waals surface area contributed by atoms with Crippen molar-refractivity contribution in [3.8, 4) is 17.2 Å². The molecule has 0 aliphatic carbocycles. The Morgan fingerprint density at radius 3 is 2.55 bits per heavy atom. The van der Waals surface area contributed by atoms with Crippen molar-refractivity contribution in [2.75, 3.05) is 12.4 Å². The summed E-state index contributed by atoms with van der Waals surface area (Å²) >= 11 is 3.29. The monoisotopic (exact) mass is 460 g/mol. The molecule has 0 bridgehead atoms. The summed E-state index contributed by atoms with van der Waals surface area (Å²) in [5.74, 6) is 1.07. The SMILES string of the molecule is COc1ccc(Oc2cc(NC(=O)CCn3cc(Br)cn3)cc([N+](=O)[O-])c2)cc1. The van der Waals surface area contributed by atoms with Crippen LogP contribution in [-0.2, 0) is 11.3 Å². The minimum Gasteiger partial charge on any atom is -0.497 e.